The van der Waals surface area contributed by atoms with Crippen molar-refractivity contribution in [1.82, 2.24) is 0 Å². The van der Waals surface area contributed by atoms with E-state index in [1.165, 1.54) is 0 Å². The van der Waals surface area contributed by atoms with Crippen LogP contribution in [0.5, 0.6) is 5.75 Å². The number of carbonyl (C=O) groups excluding carboxylic acids is 1. The van der Waals surface area contributed by atoms with E-state index in [1.807, 2.05) is 6.92 Å². The minimum absolute atomic E-state index is 0.348. The molecule has 0 aliphatic heterocycles. The summed E-state index contributed by atoms with van der Waals surface area (Å²) in [6.45, 7) is 3.97. The van der Waals surface area contributed by atoms with Crippen molar-refractivity contribution in [3.8, 4) is 5.75 Å². The van der Waals surface area contributed by atoms with Crippen LogP contribution in [0.15, 0.2) is 24.3 Å². The van der Waals surface area contributed by atoms with Gasteiger partial charge in [0.2, 0.25) is 0 Å². The zero-order chi connectivity index (χ0) is 12.0. The molecule has 1 rings (SSSR count). The fraction of sp³-hybridized carbons (Fsp3) is 0.417. The van der Waals surface area contributed by atoms with Gasteiger partial charge in [-0.2, -0.15) is 0 Å². The van der Waals surface area contributed by atoms with Gasteiger partial charge in [0.15, 0.2) is 6.10 Å². The summed E-state index contributed by atoms with van der Waals surface area (Å²) in [6, 6.07) is 7.05. The second-order valence-corrected chi connectivity index (χ2v) is 3.60. The molecule has 0 aliphatic rings. The summed E-state index contributed by atoms with van der Waals surface area (Å²) >= 11 is 5.93. The molecule has 1 aromatic rings. The second-order valence-electron chi connectivity index (χ2n) is 3.20. The van der Waals surface area contributed by atoms with E-state index in [9.17, 15) is 4.79 Å². The van der Waals surface area contributed by atoms with Gasteiger partial charge in [-0.15, -0.1) is 0 Å². The van der Waals surface area contributed by atoms with E-state index in [-0.39, 0.29) is 5.97 Å². The number of hydrogen-bond acceptors (Lipinski definition) is 3. The van der Waals surface area contributed by atoms with Crippen molar-refractivity contribution in [2.24, 2.45) is 0 Å². The first kappa shape index (κ1) is 12.8. The summed E-state index contributed by atoms with van der Waals surface area (Å²) in [6.07, 6.45) is -0.0517. The van der Waals surface area contributed by atoms with Gasteiger partial charge in [0, 0.05) is 0 Å². The first-order chi connectivity index (χ1) is 7.69. The molecule has 0 N–H and O–H groups in total. The van der Waals surface area contributed by atoms with Crippen LogP contribution < -0.4 is 4.74 Å². The molecule has 0 radical (unpaired) electrons. The lowest BCUT2D eigenvalue weighted by Gasteiger charge is -2.16. The summed E-state index contributed by atoms with van der Waals surface area (Å²) in [5.74, 6) is 0.147. The smallest absolute Gasteiger partial charge is 0.347 e. The zero-order valence-electron chi connectivity index (χ0n) is 9.40. The van der Waals surface area contributed by atoms with E-state index >= 15 is 0 Å². The molecule has 0 spiro atoms. The van der Waals surface area contributed by atoms with E-state index in [4.69, 9.17) is 21.1 Å². The SMILES string of the molecule is CCOC(=O)C(CC)Oc1ccccc1Cl. The second kappa shape index (κ2) is 6.38. The third-order valence-corrected chi connectivity index (χ3v) is 2.34. The Morgan fingerprint density at radius 1 is 1.38 bits per heavy atom. The Kier molecular flexibility index (Phi) is 5.12. The normalized spacial score (nSPS) is 11.9. The Hall–Kier alpha value is -1.22. The minimum Gasteiger partial charge on any atom is -0.477 e. The minimum atomic E-state index is -0.597. The van der Waals surface area contributed by atoms with Crippen molar-refractivity contribution in [3.63, 3.8) is 0 Å². The fourth-order valence-corrected chi connectivity index (χ4v) is 1.41. The largest absolute Gasteiger partial charge is 0.477 e. The molecule has 1 aromatic carbocycles. The lowest BCUT2D eigenvalue weighted by molar-refractivity contribution is -0.151. The number of benzene rings is 1. The molecular formula is C12H15ClO3. The summed E-state index contributed by atoms with van der Waals surface area (Å²) in [4.78, 5) is 11.5. The monoisotopic (exact) mass is 242 g/mol. The third kappa shape index (κ3) is 3.42. The van der Waals surface area contributed by atoms with Gasteiger partial charge in [0.05, 0.1) is 11.6 Å². The van der Waals surface area contributed by atoms with Gasteiger partial charge in [0.25, 0.3) is 0 Å². The molecule has 0 saturated carbocycles. The average Bonchev–Trinajstić information content (AvgIpc) is 2.28. The highest BCUT2D eigenvalue weighted by Crippen LogP contribution is 2.25. The lowest BCUT2D eigenvalue weighted by atomic mass is 10.2. The lowest BCUT2D eigenvalue weighted by Crippen LogP contribution is -2.28. The van der Waals surface area contributed by atoms with Gasteiger partial charge in [-0.05, 0) is 25.5 Å². The molecule has 88 valence electrons. The molecule has 0 bridgehead atoms. The molecule has 1 unspecified atom stereocenters. The van der Waals surface area contributed by atoms with E-state index in [0.29, 0.717) is 23.8 Å². The molecule has 0 saturated heterocycles. The number of esters is 1. The van der Waals surface area contributed by atoms with Crippen LogP contribution in [0.2, 0.25) is 5.02 Å². The maximum atomic E-state index is 11.5. The van der Waals surface area contributed by atoms with Crippen molar-refractivity contribution in [2.75, 3.05) is 6.61 Å². The summed E-state index contributed by atoms with van der Waals surface area (Å²) in [7, 11) is 0. The van der Waals surface area contributed by atoms with E-state index in [1.54, 1.807) is 31.2 Å². The van der Waals surface area contributed by atoms with E-state index in [0.717, 1.165) is 0 Å². The van der Waals surface area contributed by atoms with Crippen molar-refractivity contribution < 1.29 is 14.3 Å². The Bertz CT molecular complexity index is 352. The number of para-hydroxylation sites is 1. The first-order valence-corrected chi connectivity index (χ1v) is 5.64. The van der Waals surface area contributed by atoms with Crippen molar-refractivity contribution in [3.05, 3.63) is 29.3 Å². The maximum absolute atomic E-state index is 11.5. The van der Waals surface area contributed by atoms with Crippen LogP contribution in [0.1, 0.15) is 20.3 Å². The van der Waals surface area contributed by atoms with Gasteiger partial charge < -0.3 is 9.47 Å². The number of carbonyl (C=O) groups is 1. The maximum Gasteiger partial charge on any atom is 0.347 e. The highest BCUT2D eigenvalue weighted by Gasteiger charge is 2.20. The van der Waals surface area contributed by atoms with Crippen LogP contribution in [0.3, 0.4) is 0 Å². The predicted molar refractivity (Wildman–Crippen MR) is 62.8 cm³/mol. The van der Waals surface area contributed by atoms with Crippen LogP contribution in [0.4, 0.5) is 0 Å². The van der Waals surface area contributed by atoms with Crippen molar-refractivity contribution in [1.29, 1.82) is 0 Å². The van der Waals surface area contributed by atoms with Crippen LogP contribution in [0.25, 0.3) is 0 Å². The number of halogens is 1. The standard InChI is InChI=1S/C12H15ClO3/c1-3-10(12(14)15-4-2)16-11-8-6-5-7-9(11)13/h5-8,10H,3-4H2,1-2H3. The predicted octanol–water partition coefficient (Wildman–Crippen LogP) is 3.06. The first-order valence-electron chi connectivity index (χ1n) is 5.26. The van der Waals surface area contributed by atoms with E-state index in [2.05, 4.69) is 0 Å². The molecule has 0 amide bonds. The van der Waals surface area contributed by atoms with Crippen molar-refractivity contribution in [2.45, 2.75) is 26.4 Å². The molecule has 3 nitrogen and oxygen atoms in total. The average molecular weight is 243 g/mol. The number of hydrogen-bond donors (Lipinski definition) is 0. The van der Waals surface area contributed by atoms with Gasteiger partial charge in [-0.1, -0.05) is 30.7 Å². The van der Waals surface area contributed by atoms with Gasteiger partial charge in [-0.3, -0.25) is 0 Å². The Labute approximate surface area is 100 Å². The summed E-state index contributed by atoms with van der Waals surface area (Å²) in [5.41, 5.74) is 0. The summed E-state index contributed by atoms with van der Waals surface area (Å²) < 4.78 is 10.4. The van der Waals surface area contributed by atoms with Crippen LogP contribution in [0, 0.1) is 0 Å². The van der Waals surface area contributed by atoms with Crippen molar-refractivity contribution >= 4 is 17.6 Å². The van der Waals surface area contributed by atoms with E-state index < -0.39 is 6.10 Å². The Morgan fingerprint density at radius 3 is 2.62 bits per heavy atom. The van der Waals surface area contributed by atoms with Gasteiger partial charge in [0.1, 0.15) is 5.75 Å². The molecule has 1 atom stereocenters. The molecule has 0 fully saturated rings. The fourth-order valence-electron chi connectivity index (χ4n) is 1.23. The topological polar surface area (TPSA) is 35.5 Å². The molecule has 4 heteroatoms. The highest BCUT2D eigenvalue weighted by molar-refractivity contribution is 6.32. The summed E-state index contributed by atoms with van der Waals surface area (Å²) in [5, 5.41) is 0.491. The van der Waals surface area contributed by atoms with Crippen LogP contribution >= 0.6 is 11.6 Å². The number of rotatable bonds is 5. The Morgan fingerprint density at radius 2 is 2.06 bits per heavy atom. The van der Waals surface area contributed by atoms with Gasteiger partial charge >= 0.3 is 5.97 Å². The van der Waals surface area contributed by atoms with Crippen LogP contribution in [-0.2, 0) is 9.53 Å². The van der Waals surface area contributed by atoms with Gasteiger partial charge in [-0.25, -0.2) is 4.79 Å². The third-order valence-electron chi connectivity index (χ3n) is 2.03. The molecule has 0 heterocycles. The Balaban J connectivity index is 2.70. The van der Waals surface area contributed by atoms with Crippen LogP contribution in [-0.4, -0.2) is 18.7 Å². The molecule has 16 heavy (non-hydrogen) atoms. The number of ether oxygens (including phenoxy) is 2. The quantitative estimate of drug-likeness (QED) is 0.745. The highest BCUT2D eigenvalue weighted by atomic mass is 35.5. The molecular weight excluding hydrogens is 228 g/mol. The zero-order valence-corrected chi connectivity index (χ0v) is 10.2. The molecule has 0 aromatic heterocycles. The molecule has 0 aliphatic carbocycles.